The van der Waals surface area contributed by atoms with Crippen LogP contribution >= 0.6 is 0 Å². The first-order chi connectivity index (χ1) is 5.49. The summed E-state index contributed by atoms with van der Waals surface area (Å²) in [7, 11) is 0. The van der Waals surface area contributed by atoms with Crippen LogP contribution in [0.15, 0.2) is 0 Å². The molecular formula is C7H13NO4. The molecule has 0 radical (unpaired) electrons. The monoisotopic (exact) mass is 175 g/mol. The van der Waals surface area contributed by atoms with Crippen LogP contribution in [-0.4, -0.2) is 29.1 Å². The zero-order chi connectivity index (χ0) is 9.78. The summed E-state index contributed by atoms with van der Waals surface area (Å²) in [5.74, 6) is -1.27. The lowest BCUT2D eigenvalue weighted by molar-refractivity contribution is -0.159. The van der Waals surface area contributed by atoms with Crippen molar-refractivity contribution < 1.29 is 19.5 Å². The number of nitrogens with one attached hydrogen (secondary N) is 1. The van der Waals surface area contributed by atoms with Crippen molar-refractivity contribution in [3.8, 4) is 0 Å². The number of ketones is 1. The average Bonchev–Trinajstić information content (AvgIpc) is 2.03. The lowest BCUT2D eigenvalue weighted by Gasteiger charge is -2.21. The van der Waals surface area contributed by atoms with Crippen LogP contribution in [0.3, 0.4) is 0 Å². The van der Waals surface area contributed by atoms with Crippen LogP contribution in [0, 0.1) is 0 Å². The zero-order valence-electron chi connectivity index (χ0n) is 7.38. The first kappa shape index (κ1) is 11.1. The fourth-order valence-corrected chi connectivity index (χ4v) is 0.544. The van der Waals surface area contributed by atoms with Crippen LogP contribution in [-0.2, 0) is 14.3 Å². The van der Waals surface area contributed by atoms with E-state index >= 15 is 0 Å². The first-order valence-electron chi connectivity index (χ1n) is 3.58. The van der Waals surface area contributed by atoms with Gasteiger partial charge in [0, 0.05) is 0 Å². The molecule has 0 aliphatic heterocycles. The largest absolute Gasteiger partial charge is 0.464 e. The van der Waals surface area contributed by atoms with Crippen LogP contribution in [0.25, 0.3) is 0 Å². The Morgan fingerprint density at radius 2 is 2.08 bits per heavy atom. The number of hydroxylamine groups is 1. The number of hydrogen-bond acceptors (Lipinski definition) is 5. The first-order valence-corrected chi connectivity index (χ1v) is 3.58. The third kappa shape index (κ3) is 2.02. The van der Waals surface area contributed by atoms with Gasteiger partial charge in [-0.15, -0.1) is 0 Å². The van der Waals surface area contributed by atoms with Crippen molar-refractivity contribution in [2.75, 3.05) is 6.61 Å². The van der Waals surface area contributed by atoms with E-state index in [1.165, 1.54) is 13.8 Å². The summed E-state index contributed by atoms with van der Waals surface area (Å²) in [5, 5.41) is 8.58. The quantitative estimate of drug-likeness (QED) is 0.354. The maximum absolute atomic E-state index is 11.1. The van der Waals surface area contributed by atoms with Crippen molar-refractivity contribution in [1.29, 1.82) is 0 Å². The van der Waals surface area contributed by atoms with Gasteiger partial charge in [-0.3, -0.25) is 4.79 Å². The number of ether oxygens (including phenoxy) is 1. The standard InChI is InChI=1S/C7H13NO4/c1-4-12-6(10)7(3,8-11)5(2)9/h8,11H,4H2,1-3H3/t7-/m0/s1. The van der Waals surface area contributed by atoms with E-state index in [0.29, 0.717) is 0 Å². The van der Waals surface area contributed by atoms with Gasteiger partial charge in [-0.2, -0.15) is 5.48 Å². The predicted molar refractivity (Wildman–Crippen MR) is 40.6 cm³/mol. The van der Waals surface area contributed by atoms with Gasteiger partial charge in [0.1, 0.15) is 0 Å². The SMILES string of the molecule is CCOC(=O)[C@@](C)(NO)C(C)=O. The summed E-state index contributed by atoms with van der Waals surface area (Å²) < 4.78 is 4.58. The smallest absolute Gasteiger partial charge is 0.336 e. The molecule has 0 saturated heterocycles. The van der Waals surface area contributed by atoms with E-state index in [1.54, 1.807) is 12.4 Å². The van der Waals surface area contributed by atoms with Crippen molar-refractivity contribution >= 4 is 11.8 Å². The Morgan fingerprint density at radius 1 is 1.58 bits per heavy atom. The predicted octanol–water partition coefficient (Wildman–Crippen LogP) is -0.124. The molecule has 12 heavy (non-hydrogen) atoms. The third-order valence-electron chi connectivity index (χ3n) is 1.61. The molecule has 0 aliphatic rings. The molecule has 0 rings (SSSR count). The molecule has 0 fully saturated rings. The number of hydrogen-bond donors (Lipinski definition) is 2. The van der Waals surface area contributed by atoms with Gasteiger partial charge in [-0.25, -0.2) is 4.79 Å². The number of rotatable bonds is 4. The highest BCUT2D eigenvalue weighted by Crippen LogP contribution is 2.06. The normalized spacial score (nSPS) is 15.0. The second kappa shape index (κ2) is 4.18. The lowest BCUT2D eigenvalue weighted by atomic mass is 9.99. The van der Waals surface area contributed by atoms with E-state index in [4.69, 9.17) is 5.21 Å². The highest BCUT2D eigenvalue weighted by atomic mass is 16.5. The Kier molecular flexibility index (Phi) is 3.85. The summed E-state index contributed by atoms with van der Waals surface area (Å²) >= 11 is 0. The molecule has 0 unspecified atom stereocenters. The number of carbonyl (C=O) groups excluding carboxylic acids is 2. The van der Waals surface area contributed by atoms with Gasteiger partial charge in [0.2, 0.25) is 0 Å². The van der Waals surface area contributed by atoms with Gasteiger partial charge < -0.3 is 9.94 Å². The van der Waals surface area contributed by atoms with Gasteiger partial charge in [0.15, 0.2) is 11.3 Å². The Morgan fingerprint density at radius 3 is 2.33 bits per heavy atom. The molecule has 70 valence electrons. The number of carbonyl (C=O) groups is 2. The molecule has 0 heterocycles. The highest BCUT2D eigenvalue weighted by Gasteiger charge is 2.39. The summed E-state index contributed by atoms with van der Waals surface area (Å²) in [6, 6.07) is 0. The molecule has 0 aromatic carbocycles. The van der Waals surface area contributed by atoms with Gasteiger partial charge in [0.05, 0.1) is 6.61 Å². The molecule has 2 N–H and O–H groups in total. The second-order valence-corrected chi connectivity index (χ2v) is 2.51. The molecule has 0 aliphatic carbocycles. The minimum atomic E-state index is -1.64. The average molecular weight is 175 g/mol. The van der Waals surface area contributed by atoms with Crippen molar-refractivity contribution in [3.05, 3.63) is 0 Å². The molecular weight excluding hydrogens is 162 g/mol. The van der Waals surface area contributed by atoms with E-state index in [2.05, 4.69) is 4.74 Å². The van der Waals surface area contributed by atoms with E-state index in [0.717, 1.165) is 0 Å². The summed E-state index contributed by atoms with van der Waals surface area (Å²) in [4.78, 5) is 22.0. The Hall–Kier alpha value is -0.940. The second-order valence-electron chi connectivity index (χ2n) is 2.51. The fraction of sp³-hybridized carbons (Fsp3) is 0.714. The minimum Gasteiger partial charge on any atom is -0.464 e. The fourth-order valence-electron chi connectivity index (χ4n) is 0.544. The van der Waals surface area contributed by atoms with E-state index in [1.807, 2.05) is 0 Å². The maximum atomic E-state index is 11.1. The summed E-state index contributed by atoms with van der Waals surface area (Å²) in [5.41, 5.74) is -0.00447. The molecule has 0 bridgehead atoms. The molecule has 0 aromatic rings. The van der Waals surface area contributed by atoms with Crippen molar-refractivity contribution in [3.63, 3.8) is 0 Å². The lowest BCUT2D eigenvalue weighted by Crippen LogP contribution is -2.54. The zero-order valence-corrected chi connectivity index (χ0v) is 7.38. The highest BCUT2D eigenvalue weighted by molar-refractivity contribution is 6.06. The van der Waals surface area contributed by atoms with E-state index in [-0.39, 0.29) is 6.61 Å². The molecule has 0 amide bonds. The van der Waals surface area contributed by atoms with Crippen molar-refractivity contribution in [2.45, 2.75) is 26.3 Å². The van der Waals surface area contributed by atoms with Crippen LogP contribution in [0.4, 0.5) is 0 Å². The molecule has 5 nitrogen and oxygen atoms in total. The minimum absolute atomic E-state index is 0.170. The van der Waals surface area contributed by atoms with Crippen LogP contribution in [0.1, 0.15) is 20.8 Å². The van der Waals surface area contributed by atoms with Gasteiger partial charge in [-0.1, -0.05) is 0 Å². The van der Waals surface area contributed by atoms with Crippen molar-refractivity contribution in [2.24, 2.45) is 0 Å². The van der Waals surface area contributed by atoms with E-state index < -0.39 is 17.3 Å². The van der Waals surface area contributed by atoms with E-state index in [9.17, 15) is 9.59 Å². The summed E-state index contributed by atoms with van der Waals surface area (Å²) in [6.45, 7) is 4.24. The molecule has 1 atom stereocenters. The molecule has 0 spiro atoms. The molecule has 0 aromatic heterocycles. The third-order valence-corrected chi connectivity index (χ3v) is 1.61. The van der Waals surface area contributed by atoms with Gasteiger partial charge in [0.25, 0.3) is 0 Å². The van der Waals surface area contributed by atoms with Gasteiger partial charge in [-0.05, 0) is 20.8 Å². The topological polar surface area (TPSA) is 75.6 Å². The Bertz CT molecular complexity index is 192. The van der Waals surface area contributed by atoms with Crippen LogP contribution < -0.4 is 5.48 Å². The molecule has 0 saturated carbocycles. The Labute approximate surface area is 70.7 Å². The van der Waals surface area contributed by atoms with Crippen LogP contribution in [0.5, 0.6) is 0 Å². The number of esters is 1. The van der Waals surface area contributed by atoms with Crippen molar-refractivity contribution in [1.82, 2.24) is 5.48 Å². The summed E-state index contributed by atoms with van der Waals surface area (Å²) in [6.07, 6.45) is 0. The Balaban J connectivity index is 4.52. The maximum Gasteiger partial charge on any atom is 0.336 e. The molecule has 5 heteroatoms. The number of Topliss-reactive ketones (excluding diaryl/α,β-unsaturated/α-hetero) is 1. The van der Waals surface area contributed by atoms with Gasteiger partial charge >= 0.3 is 5.97 Å². The van der Waals surface area contributed by atoms with Crippen LogP contribution in [0.2, 0.25) is 0 Å².